The first-order chi connectivity index (χ1) is 12.2. The van der Waals surface area contributed by atoms with Crippen LogP contribution in [0.1, 0.15) is 27.8 Å². The van der Waals surface area contributed by atoms with Gasteiger partial charge in [0.25, 0.3) is 11.8 Å². The molecule has 1 aliphatic heterocycles. The van der Waals surface area contributed by atoms with E-state index in [-0.39, 0.29) is 11.8 Å². The van der Waals surface area contributed by atoms with E-state index in [1.165, 1.54) is 18.6 Å². The zero-order valence-corrected chi connectivity index (χ0v) is 14.1. The molecule has 0 spiro atoms. The number of hydrogen-bond acceptors (Lipinski definition) is 5. The molecule has 0 saturated carbocycles. The molecule has 0 bridgehead atoms. The highest BCUT2D eigenvalue weighted by molar-refractivity contribution is 5.95. The quantitative estimate of drug-likeness (QED) is 0.842. The molecular weight excluding hydrogens is 320 g/mol. The number of hydrogen-bond donors (Lipinski definition) is 0. The van der Waals surface area contributed by atoms with Crippen LogP contribution >= 0.6 is 0 Å². The van der Waals surface area contributed by atoms with Gasteiger partial charge in [-0.1, -0.05) is 0 Å². The smallest absolute Gasteiger partial charge is 0.274 e. The van der Waals surface area contributed by atoms with Gasteiger partial charge in [-0.25, -0.2) is 4.98 Å². The number of carbonyl (C=O) groups excluding carboxylic acids is 2. The second kappa shape index (κ2) is 7.74. The molecule has 7 heteroatoms. The van der Waals surface area contributed by atoms with Crippen LogP contribution < -0.4 is 4.74 Å². The van der Waals surface area contributed by atoms with Crippen molar-refractivity contribution in [1.29, 1.82) is 0 Å². The fourth-order valence-electron chi connectivity index (χ4n) is 2.73. The highest BCUT2D eigenvalue weighted by Gasteiger charge is 2.26. The molecule has 1 aromatic heterocycles. The number of benzene rings is 1. The Hall–Kier alpha value is -2.96. The van der Waals surface area contributed by atoms with Crippen molar-refractivity contribution in [3.05, 3.63) is 54.1 Å². The molecule has 7 nitrogen and oxygen atoms in total. The van der Waals surface area contributed by atoms with Crippen molar-refractivity contribution in [2.24, 2.45) is 0 Å². The number of rotatable bonds is 4. The molecule has 0 N–H and O–H groups in total. The molecule has 1 fully saturated rings. The van der Waals surface area contributed by atoms with Gasteiger partial charge in [0.05, 0.1) is 12.8 Å². The Balaban J connectivity index is 1.58. The van der Waals surface area contributed by atoms with Gasteiger partial charge in [0.1, 0.15) is 11.4 Å². The molecule has 1 saturated heterocycles. The number of ether oxygens (including phenoxy) is 1. The maximum Gasteiger partial charge on any atom is 0.274 e. The number of nitrogens with zero attached hydrogens (tertiary/aromatic N) is 4. The number of piperazine rings is 1. The van der Waals surface area contributed by atoms with Crippen LogP contribution in [-0.4, -0.2) is 64.4 Å². The van der Waals surface area contributed by atoms with E-state index in [4.69, 9.17) is 4.74 Å². The van der Waals surface area contributed by atoms with Gasteiger partial charge in [0, 0.05) is 44.1 Å². The van der Waals surface area contributed by atoms with Crippen LogP contribution in [0.3, 0.4) is 0 Å². The van der Waals surface area contributed by atoms with Crippen molar-refractivity contribution in [2.45, 2.75) is 6.92 Å². The number of aromatic nitrogens is 2. The third-order valence-corrected chi connectivity index (χ3v) is 4.05. The van der Waals surface area contributed by atoms with Gasteiger partial charge in [-0.05, 0) is 31.2 Å². The Morgan fingerprint density at radius 1 is 1.00 bits per heavy atom. The van der Waals surface area contributed by atoms with E-state index in [1.54, 1.807) is 34.1 Å². The lowest BCUT2D eigenvalue weighted by molar-refractivity contribution is 0.0532. The summed E-state index contributed by atoms with van der Waals surface area (Å²) in [6.07, 6.45) is 4.49. The maximum absolute atomic E-state index is 12.6. The fourth-order valence-corrected chi connectivity index (χ4v) is 2.73. The minimum absolute atomic E-state index is 0.0327. The minimum Gasteiger partial charge on any atom is -0.494 e. The van der Waals surface area contributed by atoms with Crippen LogP contribution in [0, 0.1) is 0 Å². The summed E-state index contributed by atoms with van der Waals surface area (Å²) in [4.78, 5) is 36.3. The zero-order valence-electron chi connectivity index (χ0n) is 14.1. The fraction of sp³-hybridized carbons (Fsp3) is 0.333. The molecular formula is C18H20N4O3. The van der Waals surface area contributed by atoms with Crippen molar-refractivity contribution >= 4 is 11.8 Å². The minimum atomic E-state index is -0.152. The predicted octanol–water partition coefficient (Wildman–Crippen LogP) is 1.47. The Kier molecular flexibility index (Phi) is 5.23. The van der Waals surface area contributed by atoms with Gasteiger partial charge in [-0.3, -0.25) is 14.6 Å². The van der Waals surface area contributed by atoms with E-state index < -0.39 is 0 Å². The highest BCUT2D eigenvalue weighted by Crippen LogP contribution is 2.15. The first-order valence-corrected chi connectivity index (χ1v) is 8.26. The van der Waals surface area contributed by atoms with Gasteiger partial charge < -0.3 is 14.5 Å². The van der Waals surface area contributed by atoms with Crippen LogP contribution in [-0.2, 0) is 0 Å². The summed E-state index contributed by atoms with van der Waals surface area (Å²) < 4.78 is 5.39. The molecule has 2 amide bonds. The topological polar surface area (TPSA) is 75.6 Å². The van der Waals surface area contributed by atoms with Crippen molar-refractivity contribution in [1.82, 2.24) is 19.8 Å². The normalized spacial score (nSPS) is 14.3. The average molecular weight is 340 g/mol. The third-order valence-electron chi connectivity index (χ3n) is 4.05. The number of carbonyl (C=O) groups is 2. The second-order valence-corrected chi connectivity index (χ2v) is 5.63. The third kappa shape index (κ3) is 3.93. The van der Waals surface area contributed by atoms with E-state index in [0.717, 1.165) is 5.75 Å². The summed E-state index contributed by atoms with van der Waals surface area (Å²) in [5, 5.41) is 0. The zero-order chi connectivity index (χ0) is 17.6. The van der Waals surface area contributed by atoms with Crippen LogP contribution in [0.2, 0.25) is 0 Å². The van der Waals surface area contributed by atoms with Gasteiger partial charge in [0.2, 0.25) is 0 Å². The Labute approximate surface area is 146 Å². The van der Waals surface area contributed by atoms with Crippen LogP contribution in [0.4, 0.5) is 0 Å². The van der Waals surface area contributed by atoms with E-state index in [0.29, 0.717) is 44.0 Å². The van der Waals surface area contributed by atoms with E-state index in [2.05, 4.69) is 9.97 Å². The first kappa shape index (κ1) is 16.9. The molecule has 1 aromatic carbocycles. The molecule has 2 heterocycles. The van der Waals surface area contributed by atoms with Crippen LogP contribution in [0.5, 0.6) is 5.75 Å². The SMILES string of the molecule is CCOc1ccc(C(=O)N2CCN(C(=O)c3cnccn3)CC2)cc1. The Morgan fingerprint density at radius 3 is 2.20 bits per heavy atom. The van der Waals surface area contributed by atoms with E-state index in [1.807, 2.05) is 6.92 Å². The summed E-state index contributed by atoms with van der Waals surface area (Å²) >= 11 is 0. The van der Waals surface area contributed by atoms with Gasteiger partial charge >= 0.3 is 0 Å². The van der Waals surface area contributed by atoms with Crippen LogP contribution in [0.25, 0.3) is 0 Å². The summed E-state index contributed by atoms with van der Waals surface area (Å²) in [6, 6.07) is 7.13. The lowest BCUT2D eigenvalue weighted by atomic mass is 10.1. The maximum atomic E-state index is 12.6. The Morgan fingerprint density at radius 2 is 1.64 bits per heavy atom. The summed E-state index contributed by atoms with van der Waals surface area (Å²) in [6.45, 7) is 4.47. The molecule has 0 aliphatic carbocycles. The monoisotopic (exact) mass is 340 g/mol. The summed E-state index contributed by atoms with van der Waals surface area (Å²) in [5.41, 5.74) is 0.950. The molecule has 0 atom stereocenters. The van der Waals surface area contributed by atoms with Gasteiger partial charge in [-0.2, -0.15) is 0 Å². The van der Waals surface area contributed by atoms with Crippen molar-refractivity contribution < 1.29 is 14.3 Å². The average Bonchev–Trinajstić information content (AvgIpc) is 2.68. The van der Waals surface area contributed by atoms with Crippen molar-refractivity contribution in [2.75, 3.05) is 32.8 Å². The highest BCUT2D eigenvalue weighted by atomic mass is 16.5. The lowest BCUT2D eigenvalue weighted by Crippen LogP contribution is -2.50. The van der Waals surface area contributed by atoms with Gasteiger partial charge in [-0.15, -0.1) is 0 Å². The molecule has 130 valence electrons. The van der Waals surface area contributed by atoms with E-state index >= 15 is 0 Å². The lowest BCUT2D eigenvalue weighted by Gasteiger charge is -2.34. The molecule has 2 aromatic rings. The summed E-state index contributed by atoms with van der Waals surface area (Å²) in [7, 11) is 0. The molecule has 0 radical (unpaired) electrons. The first-order valence-electron chi connectivity index (χ1n) is 8.26. The number of amides is 2. The van der Waals surface area contributed by atoms with Crippen molar-refractivity contribution in [3.63, 3.8) is 0 Å². The summed E-state index contributed by atoms with van der Waals surface area (Å²) in [5.74, 6) is 0.564. The van der Waals surface area contributed by atoms with E-state index in [9.17, 15) is 9.59 Å². The largest absolute Gasteiger partial charge is 0.494 e. The molecule has 3 rings (SSSR count). The molecule has 1 aliphatic rings. The van der Waals surface area contributed by atoms with Gasteiger partial charge in [0.15, 0.2) is 0 Å². The molecule has 25 heavy (non-hydrogen) atoms. The van der Waals surface area contributed by atoms with Crippen LogP contribution in [0.15, 0.2) is 42.9 Å². The standard InChI is InChI=1S/C18H20N4O3/c1-2-25-15-5-3-14(4-6-15)17(23)21-9-11-22(12-10-21)18(24)16-13-19-7-8-20-16/h3-8,13H,2,9-12H2,1H3. The van der Waals surface area contributed by atoms with Crippen molar-refractivity contribution in [3.8, 4) is 5.75 Å². The Bertz CT molecular complexity index is 726. The predicted molar refractivity (Wildman–Crippen MR) is 91.5 cm³/mol. The molecule has 0 unspecified atom stereocenters. The second-order valence-electron chi connectivity index (χ2n) is 5.63.